The van der Waals surface area contributed by atoms with Crippen LogP contribution in [0.1, 0.15) is 0 Å². The van der Waals surface area contributed by atoms with Crippen LogP contribution in [0.2, 0.25) is 0 Å². The van der Waals surface area contributed by atoms with Crippen LogP contribution in [0.3, 0.4) is 0 Å². The van der Waals surface area contributed by atoms with E-state index in [-0.39, 0.29) is 22.7 Å². The lowest BCUT2D eigenvalue weighted by Gasteiger charge is -1.93. The van der Waals surface area contributed by atoms with E-state index < -0.39 is 4.92 Å². The number of aromatic nitrogens is 1. The Balaban J connectivity index is 0.00000133. The Morgan fingerprint density at radius 2 is 1.84 bits per heavy atom. The van der Waals surface area contributed by atoms with Gasteiger partial charge in [-0.25, -0.2) is 0 Å². The molecule has 2 heterocycles. The van der Waals surface area contributed by atoms with Gasteiger partial charge in [0.15, 0.2) is 6.20 Å². The molecular formula is C13H9BrN2O3. The number of rotatable bonds is 2. The van der Waals surface area contributed by atoms with Crippen molar-refractivity contribution in [1.29, 1.82) is 0 Å². The molecule has 0 amide bonds. The summed E-state index contributed by atoms with van der Waals surface area (Å²) in [6.45, 7) is 0. The Morgan fingerprint density at radius 3 is 2.47 bits per heavy atom. The molecule has 19 heavy (non-hydrogen) atoms. The van der Waals surface area contributed by atoms with Gasteiger partial charge in [-0.15, -0.1) is 4.40 Å². The largest absolute Gasteiger partial charge is 1.00 e. The molecule has 0 unspecified atom stereocenters. The molecule has 0 radical (unpaired) electrons. The Bertz CT molecular complexity index is 689. The lowest BCUT2D eigenvalue weighted by molar-refractivity contribution is -0.513. The molecule has 0 N–H and O–H groups in total. The first-order chi connectivity index (χ1) is 8.74. The molecule has 0 bridgehead atoms. The number of oxazole rings is 1. The van der Waals surface area contributed by atoms with Gasteiger partial charge >= 0.3 is 5.71 Å². The van der Waals surface area contributed by atoms with Crippen LogP contribution >= 0.6 is 0 Å². The summed E-state index contributed by atoms with van der Waals surface area (Å²) < 4.78 is 7.51. The maximum atomic E-state index is 10.6. The van der Waals surface area contributed by atoms with Crippen LogP contribution in [0.4, 0.5) is 5.69 Å². The third kappa shape index (κ3) is 2.48. The number of non-ortho nitro benzene ring substituents is 1. The second-order valence-electron chi connectivity index (χ2n) is 3.85. The SMILES string of the molecule is O=[N+]([O-])c1ccc(-c2c[n+]3ccccc3o2)cc1.[Br-]. The maximum absolute atomic E-state index is 10.6. The van der Waals surface area contributed by atoms with Crippen LogP contribution < -0.4 is 21.4 Å². The molecule has 0 aliphatic rings. The molecule has 0 aliphatic carbocycles. The third-order valence-electron chi connectivity index (χ3n) is 2.68. The van der Waals surface area contributed by atoms with Gasteiger partial charge in [-0.05, 0) is 18.2 Å². The summed E-state index contributed by atoms with van der Waals surface area (Å²) in [6.07, 6.45) is 3.73. The van der Waals surface area contributed by atoms with Gasteiger partial charge in [0.2, 0.25) is 12.0 Å². The lowest BCUT2D eigenvalue weighted by atomic mass is 10.2. The van der Waals surface area contributed by atoms with E-state index in [2.05, 4.69) is 0 Å². The molecule has 2 aromatic heterocycles. The normalized spacial score (nSPS) is 10.1. The topological polar surface area (TPSA) is 60.4 Å². The highest BCUT2D eigenvalue weighted by Gasteiger charge is 2.13. The molecule has 0 saturated carbocycles. The zero-order valence-electron chi connectivity index (χ0n) is 9.69. The maximum Gasteiger partial charge on any atom is 0.379 e. The predicted octanol–water partition coefficient (Wildman–Crippen LogP) is -0.403. The first-order valence-electron chi connectivity index (χ1n) is 5.39. The Hall–Kier alpha value is -2.21. The van der Waals surface area contributed by atoms with E-state index in [1.165, 1.54) is 12.1 Å². The average molecular weight is 321 g/mol. The smallest absolute Gasteiger partial charge is 0.379 e. The van der Waals surface area contributed by atoms with Gasteiger partial charge in [0.05, 0.1) is 11.0 Å². The standard InChI is InChI=1S/C13H9N2O3.BrH/c16-15(17)11-6-4-10(5-7-11)12-9-14-8-2-1-3-13(14)18-12;/h1-9H;1H/q+1;/p-1. The van der Waals surface area contributed by atoms with E-state index in [0.717, 1.165) is 11.3 Å². The zero-order chi connectivity index (χ0) is 12.5. The van der Waals surface area contributed by atoms with Gasteiger partial charge in [0.25, 0.3) is 5.69 Å². The summed E-state index contributed by atoms with van der Waals surface area (Å²) in [5.74, 6) is 0.677. The van der Waals surface area contributed by atoms with Gasteiger partial charge in [-0.1, -0.05) is 0 Å². The summed E-state index contributed by atoms with van der Waals surface area (Å²) in [5, 5.41) is 10.6. The number of nitro groups is 1. The van der Waals surface area contributed by atoms with Crippen molar-refractivity contribution in [2.45, 2.75) is 0 Å². The predicted molar refractivity (Wildman–Crippen MR) is 64.0 cm³/mol. The third-order valence-corrected chi connectivity index (χ3v) is 2.68. The van der Waals surface area contributed by atoms with Gasteiger partial charge in [-0.2, -0.15) is 0 Å². The van der Waals surface area contributed by atoms with Gasteiger partial charge < -0.3 is 21.4 Å². The summed E-state index contributed by atoms with van der Waals surface area (Å²) in [4.78, 5) is 10.1. The van der Waals surface area contributed by atoms with Gasteiger partial charge in [-0.3, -0.25) is 10.1 Å². The fourth-order valence-electron chi connectivity index (χ4n) is 1.78. The van der Waals surface area contributed by atoms with E-state index >= 15 is 0 Å². The van der Waals surface area contributed by atoms with Crippen LogP contribution in [0.25, 0.3) is 17.0 Å². The number of halogens is 1. The number of pyridine rings is 1. The molecule has 0 aliphatic heterocycles. The van der Waals surface area contributed by atoms with Crippen LogP contribution in [0.5, 0.6) is 0 Å². The summed E-state index contributed by atoms with van der Waals surface area (Å²) in [7, 11) is 0. The molecule has 1 aromatic carbocycles. The van der Waals surface area contributed by atoms with E-state index in [1.54, 1.807) is 12.1 Å². The number of hydrogen-bond donors (Lipinski definition) is 0. The van der Waals surface area contributed by atoms with E-state index in [9.17, 15) is 10.1 Å². The van der Waals surface area contributed by atoms with Gasteiger partial charge in [0.1, 0.15) is 0 Å². The molecule has 0 spiro atoms. The Morgan fingerprint density at radius 1 is 1.11 bits per heavy atom. The van der Waals surface area contributed by atoms with Crippen molar-refractivity contribution in [2.75, 3.05) is 0 Å². The second kappa shape index (κ2) is 5.19. The van der Waals surface area contributed by atoms with Gasteiger partial charge in [0, 0.05) is 23.8 Å². The summed E-state index contributed by atoms with van der Waals surface area (Å²) in [5.41, 5.74) is 1.61. The van der Waals surface area contributed by atoms with Crippen molar-refractivity contribution < 1.29 is 30.7 Å². The monoisotopic (exact) mass is 320 g/mol. The highest BCUT2D eigenvalue weighted by atomic mass is 79.9. The molecule has 96 valence electrons. The quantitative estimate of drug-likeness (QED) is 0.367. The minimum absolute atomic E-state index is 0. The summed E-state index contributed by atoms with van der Waals surface area (Å²) >= 11 is 0. The fraction of sp³-hybridized carbons (Fsp3) is 0. The molecule has 3 aromatic rings. The van der Waals surface area contributed by atoms with Crippen molar-refractivity contribution in [3.63, 3.8) is 0 Å². The van der Waals surface area contributed by atoms with Crippen molar-refractivity contribution >= 4 is 11.4 Å². The van der Waals surface area contributed by atoms with Crippen LogP contribution in [-0.4, -0.2) is 4.92 Å². The van der Waals surface area contributed by atoms with Crippen molar-refractivity contribution in [1.82, 2.24) is 0 Å². The van der Waals surface area contributed by atoms with E-state index in [1.807, 2.05) is 35.0 Å². The van der Waals surface area contributed by atoms with E-state index in [0.29, 0.717) is 5.76 Å². The lowest BCUT2D eigenvalue weighted by Crippen LogP contribution is -3.00. The van der Waals surface area contributed by atoms with Crippen molar-refractivity contribution in [3.8, 4) is 11.3 Å². The second-order valence-corrected chi connectivity index (χ2v) is 3.85. The van der Waals surface area contributed by atoms with Crippen LogP contribution in [0, 0.1) is 10.1 Å². The first kappa shape index (κ1) is 13.2. The summed E-state index contributed by atoms with van der Waals surface area (Å²) in [6, 6.07) is 11.9. The average Bonchev–Trinajstić information content (AvgIpc) is 2.82. The number of nitro benzene ring substituents is 1. The first-order valence-corrected chi connectivity index (χ1v) is 5.39. The molecule has 6 heteroatoms. The highest BCUT2D eigenvalue weighted by Crippen LogP contribution is 2.22. The molecule has 0 saturated heterocycles. The minimum atomic E-state index is -0.419. The molecule has 0 atom stereocenters. The molecule has 5 nitrogen and oxygen atoms in total. The van der Waals surface area contributed by atoms with E-state index in [4.69, 9.17) is 4.42 Å². The molecule has 3 rings (SSSR count). The molecular weight excluding hydrogens is 312 g/mol. The minimum Gasteiger partial charge on any atom is -1.00 e. The number of benzene rings is 1. The fourth-order valence-corrected chi connectivity index (χ4v) is 1.78. The van der Waals surface area contributed by atoms with Crippen molar-refractivity contribution in [2.24, 2.45) is 0 Å². The van der Waals surface area contributed by atoms with Crippen LogP contribution in [0.15, 0.2) is 59.3 Å². The number of nitrogens with zero attached hydrogens (tertiary/aromatic N) is 2. The molecule has 0 fully saturated rings. The Labute approximate surface area is 119 Å². The zero-order valence-corrected chi connectivity index (χ0v) is 11.3. The van der Waals surface area contributed by atoms with Crippen molar-refractivity contribution in [3.05, 3.63) is 65.0 Å². The van der Waals surface area contributed by atoms with Crippen LogP contribution in [-0.2, 0) is 0 Å². The highest BCUT2D eigenvalue weighted by molar-refractivity contribution is 5.58. The Kier molecular flexibility index (Phi) is 3.62. The number of fused-ring (bicyclic) bond motifs is 1. The number of hydrogen-bond acceptors (Lipinski definition) is 3.